The summed E-state index contributed by atoms with van der Waals surface area (Å²) in [6.07, 6.45) is 1.14. The fourth-order valence-corrected chi connectivity index (χ4v) is 2.86. The molecule has 0 spiro atoms. The molecule has 1 aliphatic heterocycles. The molecule has 3 N–H and O–H groups in total. The molecule has 0 radical (unpaired) electrons. The van der Waals surface area contributed by atoms with Crippen LogP contribution in [-0.2, 0) is 0 Å². The van der Waals surface area contributed by atoms with Gasteiger partial charge in [-0.2, -0.15) is 0 Å². The van der Waals surface area contributed by atoms with Crippen molar-refractivity contribution in [2.24, 2.45) is 0 Å². The molecule has 3 aromatic rings. The quantitative estimate of drug-likeness (QED) is 0.415. The minimum atomic E-state index is -0.641. The van der Waals surface area contributed by atoms with Gasteiger partial charge in [-0.15, -0.1) is 0 Å². The number of hydrogen-bond donors (Lipinski definition) is 3. The third-order valence-corrected chi connectivity index (χ3v) is 4.32. The van der Waals surface area contributed by atoms with E-state index in [1.807, 2.05) is 6.07 Å². The number of amides is 1. The van der Waals surface area contributed by atoms with Crippen molar-refractivity contribution >= 4 is 28.9 Å². The fraction of sp³-hybridized carbons (Fsp3) is 0.105. The van der Waals surface area contributed by atoms with Gasteiger partial charge in [0.25, 0.3) is 5.91 Å². The van der Waals surface area contributed by atoms with Crippen LogP contribution in [0, 0.1) is 17.0 Å². The van der Waals surface area contributed by atoms with Crippen molar-refractivity contribution in [3.05, 3.63) is 70.0 Å². The summed E-state index contributed by atoms with van der Waals surface area (Å²) < 4.78 is 10.6. The summed E-state index contributed by atoms with van der Waals surface area (Å²) in [6, 6.07) is 12.0. The molecule has 11 nitrogen and oxygen atoms in total. The third kappa shape index (κ3) is 3.76. The number of anilines is 3. The number of aryl methyl sites for hydroxylation is 1. The fourth-order valence-electron chi connectivity index (χ4n) is 2.86. The number of aromatic nitrogens is 2. The van der Waals surface area contributed by atoms with E-state index in [0.29, 0.717) is 22.7 Å². The number of rotatable bonds is 6. The Bertz CT molecular complexity index is 1140. The van der Waals surface area contributed by atoms with Gasteiger partial charge in [-0.1, -0.05) is 18.2 Å². The summed E-state index contributed by atoms with van der Waals surface area (Å²) in [5, 5.41) is 14.5. The Hall–Kier alpha value is -4.41. The Balaban J connectivity index is 1.56. The van der Waals surface area contributed by atoms with Gasteiger partial charge in [0.05, 0.1) is 4.92 Å². The van der Waals surface area contributed by atoms with Gasteiger partial charge in [-0.3, -0.25) is 25.8 Å². The zero-order valence-corrected chi connectivity index (χ0v) is 15.7. The van der Waals surface area contributed by atoms with Crippen LogP contribution in [0.4, 0.5) is 23.0 Å². The van der Waals surface area contributed by atoms with Crippen molar-refractivity contribution in [1.29, 1.82) is 0 Å². The zero-order valence-electron chi connectivity index (χ0n) is 15.7. The molecule has 30 heavy (non-hydrogen) atoms. The van der Waals surface area contributed by atoms with E-state index in [-0.39, 0.29) is 18.4 Å². The number of nitro groups is 1. The van der Waals surface area contributed by atoms with E-state index in [0.717, 1.165) is 11.9 Å². The molecule has 4 rings (SSSR count). The molecule has 0 atom stereocenters. The number of carbonyl (C=O) groups excluding carboxylic acids is 1. The second-order valence-corrected chi connectivity index (χ2v) is 6.26. The van der Waals surface area contributed by atoms with Gasteiger partial charge in [-0.05, 0) is 30.7 Å². The van der Waals surface area contributed by atoms with Crippen molar-refractivity contribution in [3.63, 3.8) is 0 Å². The van der Waals surface area contributed by atoms with Crippen LogP contribution in [0.1, 0.15) is 15.9 Å². The minimum Gasteiger partial charge on any atom is -0.454 e. The molecule has 0 saturated carbocycles. The average Bonchev–Trinajstić information content (AvgIpc) is 3.20. The maximum atomic E-state index is 12.4. The Kier molecular flexibility index (Phi) is 4.99. The molecule has 0 unspecified atom stereocenters. The second kappa shape index (κ2) is 7.91. The van der Waals surface area contributed by atoms with Gasteiger partial charge < -0.3 is 14.8 Å². The molecular formula is C19H16N6O5. The van der Waals surface area contributed by atoms with E-state index in [1.54, 1.807) is 43.3 Å². The van der Waals surface area contributed by atoms with Gasteiger partial charge in [-0.25, -0.2) is 9.97 Å². The first kappa shape index (κ1) is 18.9. The Morgan fingerprint density at radius 2 is 1.87 bits per heavy atom. The predicted octanol–water partition coefficient (Wildman–Crippen LogP) is 2.92. The topological polar surface area (TPSA) is 141 Å². The van der Waals surface area contributed by atoms with Crippen LogP contribution < -0.4 is 25.6 Å². The molecule has 0 bridgehead atoms. The Morgan fingerprint density at radius 3 is 2.67 bits per heavy atom. The molecule has 1 amide bonds. The number of nitrogens with zero attached hydrogens (tertiary/aromatic N) is 3. The highest BCUT2D eigenvalue weighted by Gasteiger charge is 2.24. The Morgan fingerprint density at radius 1 is 1.10 bits per heavy atom. The van der Waals surface area contributed by atoms with Gasteiger partial charge in [0.1, 0.15) is 6.33 Å². The van der Waals surface area contributed by atoms with E-state index < -0.39 is 16.5 Å². The molecule has 152 valence electrons. The van der Waals surface area contributed by atoms with Gasteiger partial charge in [0.2, 0.25) is 18.4 Å². The summed E-state index contributed by atoms with van der Waals surface area (Å²) in [5.74, 6) is 0.424. The molecule has 1 aliphatic rings. The lowest BCUT2D eigenvalue weighted by atomic mass is 10.1. The van der Waals surface area contributed by atoms with Crippen molar-refractivity contribution in [1.82, 2.24) is 15.4 Å². The summed E-state index contributed by atoms with van der Waals surface area (Å²) in [7, 11) is 0. The minimum absolute atomic E-state index is 0.0542. The smallest absolute Gasteiger partial charge is 0.355 e. The average molecular weight is 408 g/mol. The molecule has 2 heterocycles. The van der Waals surface area contributed by atoms with E-state index >= 15 is 0 Å². The highest BCUT2D eigenvalue weighted by atomic mass is 16.7. The molecule has 11 heteroatoms. The normalized spacial score (nSPS) is 11.6. The van der Waals surface area contributed by atoms with Crippen LogP contribution >= 0.6 is 0 Å². The van der Waals surface area contributed by atoms with Crippen LogP contribution in [0.25, 0.3) is 0 Å². The molecule has 0 saturated heterocycles. The van der Waals surface area contributed by atoms with E-state index in [4.69, 9.17) is 9.47 Å². The van der Waals surface area contributed by atoms with Crippen molar-refractivity contribution in [2.75, 3.05) is 17.5 Å². The number of fused-ring (bicyclic) bond motifs is 1. The van der Waals surface area contributed by atoms with E-state index in [9.17, 15) is 14.9 Å². The number of hydrazine groups is 1. The summed E-state index contributed by atoms with van der Waals surface area (Å²) in [4.78, 5) is 31.3. The number of carbonyl (C=O) groups is 1. The summed E-state index contributed by atoms with van der Waals surface area (Å²) >= 11 is 0. The van der Waals surface area contributed by atoms with Crippen LogP contribution in [0.3, 0.4) is 0 Å². The number of nitrogens with one attached hydrogen (secondary N) is 3. The molecule has 0 aliphatic carbocycles. The first-order valence-electron chi connectivity index (χ1n) is 8.81. The lowest BCUT2D eigenvalue weighted by Crippen LogP contribution is -2.30. The SMILES string of the molecule is Cc1ccccc1C(=O)NNc1ncnc(Nc2ccc3c(c2)OCO3)c1[N+](=O)[O-]. The maximum absolute atomic E-state index is 12.4. The van der Waals surface area contributed by atoms with Gasteiger partial charge in [0, 0.05) is 17.3 Å². The molecule has 0 fully saturated rings. The lowest BCUT2D eigenvalue weighted by Gasteiger charge is -2.12. The Labute approximate surface area is 170 Å². The van der Waals surface area contributed by atoms with Crippen LogP contribution in [0.15, 0.2) is 48.8 Å². The van der Waals surface area contributed by atoms with Crippen LogP contribution in [0.5, 0.6) is 11.5 Å². The number of ether oxygens (including phenoxy) is 2. The van der Waals surface area contributed by atoms with Crippen LogP contribution in [0.2, 0.25) is 0 Å². The second-order valence-electron chi connectivity index (χ2n) is 6.26. The molecule has 2 aromatic carbocycles. The van der Waals surface area contributed by atoms with Crippen LogP contribution in [-0.4, -0.2) is 27.6 Å². The maximum Gasteiger partial charge on any atom is 0.355 e. The van der Waals surface area contributed by atoms with Crippen molar-refractivity contribution in [3.8, 4) is 11.5 Å². The highest BCUT2D eigenvalue weighted by Crippen LogP contribution is 2.37. The summed E-state index contributed by atoms with van der Waals surface area (Å²) in [5.41, 5.74) is 6.21. The molecular weight excluding hydrogens is 392 g/mol. The van der Waals surface area contributed by atoms with Crippen molar-refractivity contribution < 1.29 is 19.2 Å². The van der Waals surface area contributed by atoms with E-state index in [1.165, 1.54) is 0 Å². The van der Waals surface area contributed by atoms with Crippen molar-refractivity contribution in [2.45, 2.75) is 6.92 Å². The predicted molar refractivity (Wildman–Crippen MR) is 107 cm³/mol. The first-order valence-corrected chi connectivity index (χ1v) is 8.81. The molecule has 1 aromatic heterocycles. The zero-order chi connectivity index (χ0) is 21.1. The first-order chi connectivity index (χ1) is 14.5. The standard InChI is InChI=1S/C19H16N6O5/c1-11-4-2-3-5-13(11)19(26)24-23-18-16(25(27)28)17(20-9-21-18)22-12-6-7-14-15(8-12)30-10-29-14/h2-9H,10H2,1H3,(H,24,26)(H2,20,21,22,23). The largest absolute Gasteiger partial charge is 0.454 e. The third-order valence-electron chi connectivity index (χ3n) is 4.32. The number of benzene rings is 2. The van der Waals surface area contributed by atoms with E-state index in [2.05, 4.69) is 26.1 Å². The van der Waals surface area contributed by atoms with Gasteiger partial charge >= 0.3 is 5.69 Å². The highest BCUT2D eigenvalue weighted by molar-refractivity contribution is 5.96. The monoisotopic (exact) mass is 408 g/mol. The number of hydrogen-bond acceptors (Lipinski definition) is 9. The summed E-state index contributed by atoms with van der Waals surface area (Å²) in [6.45, 7) is 1.90. The lowest BCUT2D eigenvalue weighted by molar-refractivity contribution is -0.383. The van der Waals surface area contributed by atoms with Gasteiger partial charge in [0.15, 0.2) is 11.5 Å².